The van der Waals surface area contributed by atoms with Crippen LogP contribution in [0.5, 0.6) is 0 Å². The van der Waals surface area contributed by atoms with Gasteiger partial charge in [-0.15, -0.1) is 0 Å². The standard InChI is InChI=1S/C14H15F2NO2/c1-19-8-10-6-13(16)11(7-12(10)15)14(17-9-18)4-2-3-5-14/h6-7H,2-5,8H2,1H3. The molecule has 1 aromatic carbocycles. The monoisotopic (exact) mass is 267 g/mol. The van der Waals surface area contributed by atoms with Crippen molar-refractivity contribution in [2.24, 2.45) is 4.99 Å². The highest BCUT2D eigenvalue weighted by Crippen LogP contribution is 2.43. The smallest absolute Gasteiger partial charge is 0.235 e. The van der Waals surface area contributed by atoms with Crippen LogP contribution in [0.1, 0.15) is 36.8 Å². The Morgan fingerprint density at radius 3 is 2.58 bits per heavy atom. The highest BCUT2D eigenvalue weighted by Gasteiger charge is 2.38. The Balaban J connectivity index is 2.49. The highest BCUT2D eigenvalue weighted by molar-refractivity contribution is 5.40. The Kier molecular flexibility index (Phi) is 4.08. The predicted molar refractivity (Wildman–Crippen MR) is 65.3 cm³/mol. The van der Waals surface area contributed by atoms with Gasteiger partial charge >= 0.3 is 0 Å². The first-order chi connectivity index (χ1) is 9.13. The van der Waals surface area contributed by atoms with Gasteiger partial charge in [-0.2, -0.15) is 4.99 Å². The van der Waals surface area contributed by atoms with Crippen LogP contribution in [0.2, 0.25) is 0 Å². The van der Waals surface area contributed by atoms with E-state index in [1.165, 1.54) is 13.2 Å². The quantitative estimate of drug-likeness (QED) is 0.620. The fourth-order valence-corrected chi connectivity index (χ4v) is 2.70. The van der Waals surface area contributed by atoms with E-state index < -0.39 is 17.2 Å². The minimum Gasteiger partial charge on any atom is -0.380 e. The van der Waals surface area contributed by atoms with Crippen molar-refractivity contribution in [3.05, 3.63) is 34.9 Å². The van der Waals surface area contributed by atoms with E-state index in [4.69, 9.17) is 4.74 Å². The van der Waals surface area contributed by atoms with Gasteiger partial charge in [-0.3, -0.25) is 0 Å². The van der Waals surface area contributed by atoms with Crippen molar-refractivity contribution in [2.45, 2.75) is 37.8 Å². The molecule has 1 saturated carbocycles. The summed E-state index contributed by atoms with van der Waals surface area (Å²) in [4.78, 5) is 14.3. The number of isocyanates is 1. The van der Waals surface area contributed by atoms with Gasteiger partial charge in [0.05, 0.1) is 6.61 Å². The van der Waals surface area contributed by atoms with Crippen LogP contribution in [0.3, 0.4) is 0 Å². The number of hydrogen-bond acceptors (Lipinski definition) is 3. The van der Waals surface area contributed by atoms with E-state index in [1.54, 1.807) is 0 Å². The van der Waals surface area contributed by atoms with Gasteiger partial charge in [0.1, 0.15) is 17.2 Å². The van der Waals surface area contributed by atoms with Crippen LogP contribution in [0.4, 0.5) is 8.78 Å². The molecule has 5 heteroatoms. The molecule has 1 aromatic rings. The zero-order valence-corrected chi connectivity index (χ0v) is 10.7. The van der Waals surface area contributed by atoms with Crippen LogP contribution in [-0.2, 0) is 21.7 Å². The second-order valence-corrected chi connectivity index (χ2v) is 4.80. The summed E-state index contributed by atoms with van der Waals surface area (Å²) in [5.41, 5.74) is -0.643. The first kappa shape index (κ1) is 13.8. The van der Waals surface area contributed by atoms with Crippen molar-refractivity contribution >= 4 is 6.08 Å². The molecule has 0 aliphatic heterocycles. The van der Waals surface area contributed by atoms with Gasteiger partial charge in [0.25, 0.3) is 0 Å². The molecular formula is C14H15F2NO2. The van der Waals surface area contributed by atoms with Crippen molar-refractivity contribution in [2.75, 3.05) is 7.11 Å². The molecule has 1 aliphatic carbocycles. The maximum Gasteiger partial charge on any atom is 0.235 e. The third-order valence-corrected chi connectivity index (χ3v) is 3.63. The van der Waals surface area contributed by atoms with Gasteiger partial charge in [-0.1, -0.05) is 12.8 Å². The largest absolute Gasteiger partial charge is 0.380 e. The van der Waals surface area contributed by atoms with Crippen LogP contribution in [0.15, 0.2) is 17.1 Å². The molecule has 19 heavy (non-hydrogen) atoms. The number of nitrogens with zero attached hydrogens (tertiary/aromatic N) is 1. The maximum absolute atomic E-state index is 14.2. The summed E-state index contributed by atoms with van der Waals surface area (Å²) in [6, 6.07) is 2.25. The van der Waals surface area contributed by atoms with Gasteiger partial charge in [-0.25, -0.2) is 13.6 Å². The second kappa shape index (κ2) is 5.59. The van der Waals surface area contributed by atoms with E-state index in [1.807, 2.05) is 0 Å². The Morgan fingerprint density at radius 2 is 2.00 bits per heavy atom. The second-order valence-electron chi connectivity index (χ2n) is 4.80. The van der Waals surface area contributed by atoms with E-state index in [2.05, 4.69) is 4.99 Å². The Labute approximate surface area is 110 Å². The average molecular weight is 267 g/mol. The predicted octanol–water partition coefficient (Wildman–Crippen LogP) is 3.22. The summed E-state index contributed by atoms with van der Waals surface area (Å²) >= 11 is 0. The van der Waals surface area contributed by atoms with E-state index in [9.17, 15) is 13.6 Å². The number of hydrogen-bond donors (Lipinski definition) is 0. The third-order valence-electron chi connectivity index (χ3n) is 3.63. The normalized spacial score (nSPS) is 17.2. The van der Waals surface area contributed by atoms with Gasteiger partial charge in [0.15, 0.2) is 0 Å². The number of halogens is 2. The molecule has 0 spiro atoms. The van der Waals surface area contributed by atoms with Gasteiger partial charge < -0.3 is 4.74 Å². The molecule has 3 nitrogen and oxygen atoms in total. The van der Waals surface area contributed by atoms with Crippen molar-refractivity contribution in [3.63, 3.8) is 0 Å². The molecule has 0 aromatic heterocycles. The number of rotatable bonds is 4. The van der Waals surface area contributed by atoms with Gasteiger partial charge in [-0.05, 0) is 25.0 Å². The van der Waals surface area contributed by atoms with Crippen LogP contribution >= 0.6 is 0 Å². The maximum atomic E-state index is 14.2. The molecular weight excluding hydrogens is 252 g/mol. The molecule has 0 atom stereocenters. The lowest BCUT2D eigenvalue weighted by molar-refractivity contribution is 0.181. The lowest BCUT2D eigenvalue weighted by atomic mass is 9.87. The number of ether oxygens (including phenoxy) is 1. The molecule has 1 fully saturated rings. The molecule has 2 rings (SSSR count). The Hall–Kier alpha value is -1.58. The van der Waals surface area contributed by atoms with Crippen molar-refractivity contribution in [1.29, 1.82) is 0 Å². The number of benzene rings is 1. The van der Waals surface area contributed by atoms with Crippen LogP contribution in [-0.4, -0.2) is 13.2 Å². The van der Waals surface area contributed by atoms with E-state index >= 15 is 0 Å². The SMILES string of the molecule is COCc1cc(F)c(C2(N=C=O)CCCC2)cc1F. The van der Waals surface area contributed by atoms with Crippen LogP contribution < -0.4 is 0 Å². The van der Waals surface area contributed by atoms with Crippen molar-refractivity contribution in [3.8, 4) is 0 Å². The fourth-order valence-electron chi connectivity index (χ4n) is 2.70. The summed E-state index contributed by atoms with van der Waals surface area (Å²) in [6.07, 6.45) is 4.26. The number of aliphatic imine (C=N–C) groups is 1. The lowest BCUT2D eigenvalue weighted by Gasteiger charge is -2.24. The molecule has 1 aliphatic rings. The molecule has 0 amide bonds. The molecule has 102 valence electrons. The lowest BCUT2D eigenvalue weighted by Crippen LogP contribution is -2.21. The minimum atomic E-state index is -0.946. The molecule has 0 N–H and O–H groups in total. The van der Waals surface area contributed by atoms with Crippen molar-refractivity contribution < 1.29 is 18.3 Å². The zero-order valence-electron chi connectivity index (χ0n) is 10.7. The third kappa shape index (κ3) is 2.57. The summed E-state index contributed by atoms with van der Waals surface area (Å²) in [6.45, 7) is 0.00693. The van der Waals surface area contributed by atoms with E-state index in [-0.39, 0.29) is 17.7 Å². The molecule has 0 unspecified atom stereocenters. The van der Waals surface area contributed by atoms with E-state index in [0.29, 0.717) is 12.8 Å². The number of methoxy groups -OCH3 is 1. The zero-order chi connectivity index (χ0) is 13.9. The van der Waals surface area contributed by atoms with Crippen LogP contribution in [0, 0.1) is 11.6 Å². The Morgan fingerprint density at radius 1 is 1.32 bits per heavy atom. The van der Waals surface area contributed by atoms with Gasteiger partial charge in [0.2, 0.25) is 6.08 Å². The first-order valence-corrected chi connectivity index (χ1v) is 6.19. The van der Waals surface area contributed by atoms with E-state index in [0.717, 1.165) is 25.0 Å². The molecule has 0 radical (unpaired) electrons. The Bertz CT molecular complexity index is 518. The molecule has 0 bridgehead atoms. The topological polar surface area (TPSA) is 38.7 Å². The first-order valence-electron chi connectivity index (χ1n) is 6.19. The van der Waals surface area contributed by atoms with Crippen molar-refractivity contribution in [1.82, 2.24) is 0 Å². The highest BCUT2D eigenvalue weighted by atomic mass is 19.1. The van der Waals surface area contributed by atoms with Crippen LogP contribution in [0.25, 0.3) is 0 Å². The number of carbonyl (C=O) groups excluding carboxylic acids is 1. The minimum absolute atomic E-state index is 0.00693. The molecule has 0 saturated heterocycles. The average Bonchev–Trinajstić information content (AvgIpc) is 2.84. The summed E-state index contributed by atoms with van der Waals surface area (Å²) in [5, 5.41) is 0. The van der Waals surface area contributed by atoms with Gasteiger partial charge in [0, 0.05) is 18.2 Å². The summed E-state index contributed by atoms with van der Waals surface area (Å²) in [5.74, 6) is -1.08. The summed E-state index contributed by atoms with van der Waals surface area (Å²) in [7, 11) is 1.42. The fraction of sp³-hybridized carbons (Fsp3) is 0.500. The molecule has 0 heterocycles. The summed E-state index contributed by atoms with van der Waals surface area (Å²) < 4.78 is 32.9.